The molecule has 0 saturated heterocycles. The van der Waals surface area contributed by atoms with Gasteiger partial charge in [-0.3, -0.25) is 9.59 Å². The van der Waals surface area contributed by atoms with Gasteiger partial charge in [-0.1, -0.05) is 0 Å². The minimum atomic E-state index is -0.434. The maximum atomic E-state index is 12.5. The monoisotopic (exact) mass is 330 g/mol. The van der Waals surface area contributed by atoms with Gasteiger partial charge in [-0.25, -0.2) is 0 Å². The van der Waals surface area contributed by atoms with Gasteiger partial charge in [0.25, 0.3) is 10.9 Å². The van der Waals surface area contributed by atoms with Gasteiger partial charge in [0.1, 0.15) is 5.75 Å². The number of anilines is 1. The first kappa shape index (κ1) is 15.4. The molecule has 3 rings (SSSR count). The molecule has 0 radical (unpaired) electrons. The van der Waals surface area contributed by atoms with Crippen LogP contribution in [0.15, 0.2) is 47.6 Å². The van der Waals surface area contributed by atoms with Crippen molar-refractivity contribution in [1.29, 1.82) is 0 Å². The third kappa shape index (κ3) is 3.29. The Balaban J connectivity index is 1.79. The number of aromatic nitrogens is 1. The minimum absolute atomic E-state index is 0.0238. The number of nitrogens with one attached hydrogen (secondary N) is 1. The number of hydrogen-bond acceptors (Lipinski definition) is 5. The van der Waals surface area contributed by atoms with Crippen molar-refractivity contribution in [3.05, 3.63) is 53.4 Å². The maximum Gasteiger partial charge on any atom is 0.262 e. The lowest BCUT2D eigenvalue weighted by Gasteiger charge is -2.18. The third-order valence-corrected chi connectivity index (χ3v) is 4.48. The Bertz CT molecular complexity index is 778. The molecule has 23 heavy (non-hydrogen) atoms. The molecule has 0 unspecified atom stereocenters. The molecule has 0 spiro atoms. The predicted molar refractivity (Wildman–Crippen MR) is 85.6 cm³/mol. The Morgan fingerprint density at radius 2 is 2.22 bits per heavy atom. The molecule has 118 valence electrons. The summed E-state index contributed by atoms with van der Waals surface area (Å²) in [6.07, 6.45) is 1.39. The van der Waals surface area contributed by atoms with Gasteiger partial charge in [-0.2, -0.15) is 4.73 Å². The van der Waals surface area contributed by atoms with Gasteiger partial charge in [0.05, 0.1) is 10.9 Å². The van der Waals surface area contributed by atoms with Crippen molar-refractivity contribution in [3.8, 4) is 5.75 Å². The van der Waals surface area contributed by atoms with Crippen LogP contribution < -0.4 is 14.8 Å². The Morgan fingerprint density at radius 1 is 1.39 bits per heavy atom. The van der Waals surface area contributed by atoms with Crippen LogP contribution >= 0.6 is 11.8 Å². The van der Waals surface area contributed by atoms with Crippen LogP contribution in [0.3, 0.4) is 0 Å². The van der Waals surface area contributed by atoms with E-state index in [4.69, 9.17) is 4.74 Å². The first-order valence-corrected chi connectivity index (χ1v) is 7.88. The van der Waals surface area contributed by atoms with Crippen molar-refractivity contribution in [3.63, 3.8) is 0 Å². The molecule has 1 aromatic heterocycles. The van der Waals surface area contributed by atoms with Gasteiger partial charge in [-0.05, 0) is 43.0 Å². The van der Waals surface area contributed by atoms with E-state index in [0.717, 1.165) is 4.73 Å². The highest BCUT2D eigenvalue weighted by Gasteiger charge is 2.23. The molecule has 1 aromatic carbocycles. The molecule has 6 nitrogen and oxygen atoms in total. The second-order valence-corrected chi connectivity index (χ2v) is 6.40. The highest BCUT2D eigenvalue weighted by molar-refractivity contribution is 8.00. The molecule has 1 aliphatic rings. The molecule has 0 fully saturated rings. The van der Waals surface area contributed by atoms with Crippen molar-refractivity contribution >= 4 is 29.1 Å². The second-order valence-electron chi connectivity index (χ2n) is 5.04. The summed E-state index contributed by atoms with van der Waals surface area (Å²) in [5, 5.41) is 14.4. The molecule has 0 bridgehead atoms. The molecule has 0 saturated carbocycles. The van der Waals surface area contributed by atoms with Crippen molar-refractivity contribution < 1.29 is 19.1 Å². The Kier molecular flexibility index (Phi) is 4.20. The number of benzene rings is 1. The van der Waals surface area contributed by atoms with Crippen LogP contribution in [0.1, 0.15) is 17.3 Å². The number of carbonyl (C=O) groups is 2. The van der Waals surface area contributed by atoms with Crippen molar-refractivity contribution in [2.24, 2.45) is 0 Å². The zero-order chi connectivity index (χ0) is 16.4. The van der Waals surface area contributed by atoms with Gasteiger partial charge in [0, 0.05) is 17.7 Å². The molecule has 1 aliphatic heterocycles. The summed E-state index contributed by atoms with van der Waals surface area (Å²) in [6.45, 7) is 1.72. The van der Waals surface area contributed by atoms with E-state index in [1.54, 1.807) is 43.3 Å². The standard InChI is InChI=1S/C16H14N2O4S/c1-10(23-15-4-2-3-7-18(15)21)16(20)11-5-6-13-12(8-11)17-14(19)9-22-13/h2-8,10H,9H2,1H3,(H,17,19)/t10-/m1/s1. The minimum Gasteiger partial charge on any atom is -0.618 e. The van der Waals surface area contributed by atoms with Crippen molar-refractivity contribution in [2.45, 2.75) is 17.2 Å². The van der Waals surface area contributed by atoms with E-state index in [2.05, 4.69) is 5.32 Å². The second kappa shape index (κ2) is 6.29. The molecule has 0 aliphatic carbocycles. The smallest absolute Gasteiger partial charge is 0.262 e. The lowest BCUT2D eigenvalue weighted by atomic mass is 10.1. The van der Waals surface area contributed by atoms with Gasteiger partial charge in [-0.15, -0.1) is 0 Å². The fraction of sp³-hybridized carbons (Fsp3) is 0.188. The highest BCUT2D eigenvalue weighted by atomic mass is 32.2. The fourth-order valence-corrected chi connectivity index (χ4v) is 3.14. The number of hydrogen-bond donors (Lipinski definition) is 1. The number of ketones is 1. The van der Waals surface area contributed by atoms with E-state index in [9.17, 15) is 14.8 Å². The van der Waals surface area contributed by atoms with E-state index >= 15 is 0 Å². The molecule has 2 heterocycles. The molecule has 1 N–H and O–H groups in total. The summed E-state index contributed by atoms with van der Waals surface area (Å²) in [5.41, 5.74) is 0.950. The summed E-state index contributed by atoms with van der Waals surface area (Å²) in [7, 11) is 0. The number of ether oxygens (including phenoxy) is 1. The van der Waals surface area contributed by atoms with Crippen LogP contribution in [-0.4, -0.2) is 23.5 Å². The number of nitrogens with zero attached hydrogens (tertiary/aromatic N) is 1. The molecular weight excluding hydrogens is 316 g/mol. The third-order valence-electron chi connectivity index (χ3n) is 3.35. The summed E-state index contributed by atoms with van der Waals surface area (Å²) in [6, 6.07) is 9.97. The van der Waals surface area contributed by atoms with E-state index in [0.29, 0.717) is 22.0 Å². The highest BCUT2D eigenvalue weighted by Crippen LogP contribution is 2.30. The first-order valence-electron chi connectivity index (χ1n) is 7.00. The van der Waals surface area contributed by atoms with Gasteiger partial charge in [0.2, 0.25) is 0 Å². The molecule has 7 heteroatoms. The zero-order valence-electron chi connectivity index (χ0n) is 12.3. The van der Waals surface area contributed by atoms with Gasteiger partial charge < -0.3 is 15.3 Å². The average molecular weight is 330 g/mol. The molecule has 1 atom stereocenters. The number of rotatable bonds is 4. The van der Waals surface area contributed by atoms with Gasteiger partial charge >= 0.3 is 0 Å². The van der Waals surface area contributed by atoms with Crippen LogP contribution in [0.2, 0.25) is 0 Å². The predicted octanol–water partition coefficient (Wildman–Crippen LogP) is 2.01. The first-order chi connectivity index (χ1) is 11.0. The summed E-state index contributed by atoms with van der Waals surface area (Å²) in [4.78, 5) is 23.9. The number of thioether (sulfide) groups is 1. The summed E-state index contributed by atoms with van der Waals surface area (Å²) in [5.74, 6) is 0.171. The Labute approximate surface area is 137 Å². The van der Waals surface area contributed by atoms with Crippen LogP contribution in [0.5, 0.6) is 5.75 Å². The van der Waals surface area contributed by atoms with E-state index in [1.807, 2.05) is 0 Å². The SMILES string of the molecule is C[C@@H](Sc1cccc[n+]1[O-])C(=O)c1ccc2c(c1)NC(=O)CO2. The number of carbonyl (C=O) groups excluding carboxylic acids is 2. The molecule has 1 amide bonds. The van der Waals surface area contributed by atoms with Crippen LogP contribution in [0.4, 0.5) is 5.69 Å². The van der Waals surface area contributed by atoms with Gasteiger partial charge in [0.15, 0.2) is 18.6 Å². The lowest BCUT2D eigenvalue weighted by molar-refractivity contribution is -0.645. The van der Waals surface area contributed by atoms with E-state index < -0.39 is 5.25 Å². The Morgan fingerprint density at radius 3 is 3.00 bits per heavy atom. The number of amides is 1. The lowest BCUT2D eigenvalue weighted by Crippen LogP contribution is -2.29. The summed E-state index contributed by atoms with van der Waals surface area (Å²) < 4.78 is 6.00. The molecular formula is C16H14N2O4S. The van der Waals surface area contributed by atoms with Crippen molar-refractivity contribution in [1.82, 2.24) is 0 Å². The fourth-order valence-electron chi connectivity index (χ4n) is 2.21. The number of pyridine rings is 1. The summed E-state index contributed by atoms with van der Waals surface area (Å²) >= 11 is 1.19. The molecule has 2 aromatic rings. The quantitative estimate of drug-likeness (QED) is 0.401. The number of fused-ring (bicyclic) bond motifs is 1. The van der Waals surface area contributed by atoms with Crippen LogP contribution in [0, 0.1) is 5.21 Å². The zero-order valence-corrected chi connectivity index (χ0v) is 13.1. The van der Waals surface area contributed by atoms with Crippen LogP contribution in [-0.2, 0) is 4.79 Å². The maximum absolute atomic E-state index is 12.5. The van der Waals surface area contributed by atoms with E-state index in [-0.39, 0.29) is 18.3 Å². The Hall–Kier alpha value is -2.54. The van der Waals surface area contributed by atoms with Crippen molar-refractivity contribution in [2.75, 3.05) is 11.9 Å². The topological polar surface area (TPSA) is 82.3 Å². The average Bonchev–Trinajstić information content (AvgIpc) is 2.55. The van der Waals surface area contributed by atoms with Crippen LogP contribution in [0.25, 0.3) is 0 Å². The normalized spacial score (nSPS) is 14.4. The number of Topliss-reactive ketones (excluding diaryl/α,β-unsaturated/α-hetero) is 1. The largest absolute Gasteiger partial charge is 0.618 e. The van der Waals surface area contributed by atoms with E-state index in [1.165, 1.54) is 18.0 Å².